The van der Waals surface area contributed by atoms with E-state index in [-0.39, 0.29) is 18.8 Å². The molecule has 3 saturated heterocycles. The third kappa shape index (κ3) is 5.67. The number of halogens is 2. The largest absolute Gasteiger partial charge is 0.315 e. The lowest BCUT2D eigenvalue weighted by Gasteiger charge is -2.35. The molecule has 3 atom stereocenters. The first kappa shape index (κ1) is 25.6. The molecule has 4 heterocycles. The molecule has 8 heteroatoms. The van der Waals surface area contributed by atoms with Gasteiger partial charge in [-0.15, -0.1) is 10.2 Å². The van der Waals surface area contributed by atoms with Gasteiger partial charge in [-0.05, 0) is 49.0 Å². The Hall–Kier alpha value is -2.68. The van der Waals surface area contributed by atoms with Crippen molar-refractivity contribution in [3.8, 4) is 0 Å². The zero-order valence-electron chi connectivity index (χ0n) is 22.0. The lowest BCUT2D eigenvalue weighted by atomic mass is 9.87. The molecular weight excluding hydrogens is 482 g/mol. The van der Waals surface area contributed by atoms with Crippen molar-refractivity contribution in [3.63, 3.8) is 0 Å². The van der Waals surface area contributed by atoms with Gasteiger partial charge in [0.15, 0.2) is 0 Å². The van der Waals surface area contributed by atoms with Gasteiger partial charge >= 0.3 is 0 Å². The molecule has 0 amide bonds. The van der Waals surface area contributed by atoms with Gasteiger partial charge in [0, 0.05) is 51.1 Å². The molecule has 0 radical (unpaired) electrons. The number of aromatic nitrogens is 3. The number of nitrogens with zero attached hydrogens (tertiary/aromatic N) is 5. The number of rotatable bonds is 8. The first-order valence-electron chi connectivity index (χ1n) is 14.1. The molecule has 2 aromatic carbocycles. The number of hydrogen-bond acceptors (Lipinski definition) is 5. The van der Waals surface area contributed by atoms with Gasteiger partial charge in [-0.3, -0.25) is 9.80 Å². The summed E-state index contributed by atoms with van der Waals surface area (Å²) in [6, 6.07) is 20.3. The van der Waals surface area contributed by atoms with Gasteiger partial charge in [-0.1, -0.05) is 54.6 Å². The van der Waals surface area contributed by atoms with Crippen molar-refractivity contribution in [2.24, 2.45) is 0 Å². The number of alkyl halides is 2. The quantitative estimate of drug-likeness (QED) is 0.474. The lowest BCUT2D eigenvalue weighted by Crippen LogP contribution is -2.44. The zero-order chi connectivity index (χ0) is 26.0. The molecule has 3 aromatic rings. The van der Waals surface area contributed by atoms with Crippen LogP contribution >= 0.6 is 0 Å². The highest BCUT2D eigenvalue weighted by molar-refractivity contribution is 5.32. The van der Waals surface area contributed by atoms with Gasteiger partial charge in [0.1, 0.15) is 12.2 Å². The van der Waals surface area contributed by atoms with E-state index in [1.165, 1.54) is 29.5 Å². The van der Waals surface area contributed by atoms with Crippen molar-refractivity contribution in [2.75, 3.05) is 32.7 Å². The van der Waals surface area contributed by atoms with Crippen LogP contribution in [-0.4, -0.2) is 75.3 Å². The maximum atomic E-state index is 13.6. The number of likely N-dealkylation sites (tertiary alicyclic amines) is 2. The lowest BCUT2D eigenvalue weighted by molar-refractivity contribution is -0.0566. The molecule has 3 aliphatic rings. The van der Waals surface area contributed by atoms with E-state index in [1.54, 1.807) is 0 Å². The third-order valence-corrected chi connectivity index (χ3v) is 8.68. The summed E-state index contributed by atoms with van der Waals surface area (Å²) in [5.41, 5.74) is 3.66. The second-order valence-electron chi connectivity index (χ2n) is 11.2. The normalized spacial score (nSPS) is 25.1. The van der Waals surface area contributed by atoms with Crippen molar-refractivity contribution >= 4 is 0 Å². The monoisotopic (exact) mass is 520 g/mol. The summed E-state index contributed by atoms with van der Waals surface area (Å²) in [6.07, 6.45) is 5.31. The second kappa shape index (κ2) is 11.2. The Morgan fingerprint density at radius 2 is 1.68 bits per heavy atom. The van der Waals surface area contributed by atoms with Gasteiger partial charge in [0.25, 0.3) is 5.92 Å². The van der Waals surface area contributed by atoms with E-state index in [0.29, 0.717) is 31.7 Å². The van der Waals surface area contributed by atoms with Gasteiger partial charge < -0.3 is 9.88 Å². The summed E-state index contributed by atoms with van der Waals surface area (Å²) in [5.74, 6) is -1.37. The Kier molecular flexibility index (Phi) is 7.54. The summed E-state index contributed by atoms with van der Waals surface area (Å²) in [4.78, 5) is 4.86. The van der Waals surface area contributed by atoms with Crippen LogP contribution < -0.4 is 5.32 Å². The summed E-state index contributed by atoms with van der Waals surface area (Å²) >= 11 is 0. The zero-order valence-corrected chi connectivity index (χ0v) is 22.0. The van der Waals surface area contributed by atoms with Crippen LogP contribution in [0, 0.1) is 0 Å². The van der Waals surface area contributed by atoms with Crippen molar-refractivity contribution in [1.29, 1.82) is 0 Å². The first-order chi connectivity index (χ1) is 18.6. The van der Waals surface area contributed by atoms with E-state index in [4.69, 9.17) is 5.10 Å². The summed E-state index contributed by atoms with van der Waals surface area (Å²) < 4.78 is 29.4. The summed E-state index contributed by atoms with van der Waals surface area (Å²) in [5, 5.41) is 12.6. The SMILES string of the molecule is FC1(F)CCN(Cc2ccc(C(c3nncn3Cc3ccccc3)C3CCCN3C3CCNC3)cc2)CC1. The van der Waals surface area contributed by atoms with Crippen LogP contribution in [0.5, 0.6) is 0 Å². The number of piperidine rings is 1. The van der Waals surface area contributed by atoms with Crippen LogP contribution in [0.3, 0.4) is 0 Å². The molecule has 1 aromatic heterocycles. The average molecular weight is 521 g/mol. The van der Waals surface area contributed by atoms with Crippen molar-refractivity contribution in [2.45, 2.75) is 69.1 Å². The van der Waals surface area contributed by atoms with Gasteiger partial charge in [0.2, 0.25) is 0 Å². The molecule has 38 heavy (non-hydrogen) atoms. The Labute approximate surface area is 224 Å². The standard InChI is InChI=1S/C30H38F2N6/c31-30(32)13-17-36(18-14-30)20-24-8-10-25(11-9-24)28(27-7-4-16-38(27)26-12-15-33-19-26)29-35-34-22-37(29)21-23-5-2-1-3-6-23/h1-3,5-6,8-11,22,26-28,33H,4,7,12-21H2. The molecule has 0 aliphatic carbocycles. The Morgan fingerprint density at radius 3 is 2.42 bits per heavy atom. The molecule has 0 bridgehead atoms. The average Bonchev–Trinajstić information content (AvgIpc) is 3.70. The number of hydrogen-bond donors (Lipinski definition) is 1. The van der Waals surface area contributed by atoms with Crippen LogP contribution in [0.25, 0.3) is 0 Å². The molecule has 0 spiro atoms. The highest BCUT2D eigenvalue weighted by Gasteiger charge is 2.40. The Balaban J connectivity index is 1.27. The number of nitrogens with one attached hydrogen (secondary N) is 1. The van der Waals surface area contributed by atoms with Crippen LogP contribution in [0.4, 0.5) is 8.78 Å². The molecule has 6 nitrogen and oxygen atoms in total. The highest BCUT2D eigenvalue weighted by Crippen LogP contribution is 2.38. The maximum absolute atomic E-state index is 13.6. The number of benzene rings is 2. The van der Waals surface area contributed by atoms with Crippen molar-refractivity contribution in [1.82, 2.24) is 29.9 Å². The molecule has 0 saturated carbocycles. The van der Waals surface area contributed by atoms with Crippen molar-refractivity contribution < 1.29 is 8.78 Å². The molecular formula is C30H38F2N6. The maximum Gasteiger partial charge on any atom is 0.250 e. The summed E-state index contributed by atoms with van der Waals surface area (Å²) in [6.45, 7) is 5.62. The molecule has 3 aliphatic heterocycles. The predicted molar refractivity (Wildman–Crippen MR) is 144 cm³/mol. The van der Waals surface area contributed by atoms with E-state index in [0.717, 1.165) is 38.4 Å². The smallest absolute Gasteiger partial charge is 0.250 e. The first-order valence-corrected chi connectivity index (χ1v) is 14.1. The van der Waals surface area contributed by atoms with Crippen LogP contribution in [0.1, 0.15) is 60.5 Å². The third-order valence-electron chi connectivity index (χ3n) is 8.68. The molecule has 202 valence electrons. The minimum absolute atomic E-state index is 0.0439. The minimum atomic E-state index is -2.51. The molecule has 1 N–H and O–H groups in total. The van der Waals surface area contributed by atoms with Gasteiger partial charge in [-0.2, -0.15) is 0 Å². The van der Waals surface area contributed by atoms with Gasteiger partial charge in [-0.25, -0.2) is 8.78 Å². The van der Waals surface area contributed by atoms with Gasteiger partial charge in [0.05, 0.1) is 12.5 Å². The van der Waals surface area contributed by atoms with Crippen LogP contribution in [-0.2, 0) is 13.1 Å². The topological polar surface area (TPSA) is 49.2 Å². The predicted octanol–water partition coefficient (Wildman–Crippen LogP) is 4.52. The fraction of sp³-hybridized carbons (Fsp3) is 0.533. The van der Waals surface area contributed by atoms with Crippen molar-refractivity contribution in [3.05, 3.63) is 83.4 Å². The van der Waals surface area contributed by atoms with E-state index < -0.39 is 5.92 Å². The van der Waals surface area contributed by atoms with E-state index in [1.807, 2.05) is 12.4 Å². The second-order valence-corrected chi connectivity index (χ2v) is 11.2. The van der Waals surface area contributed by atoms with E-state index in [9.17, 15) is 8.78 Å². The summed E-state index contributed by atoms with van der Waals surface area (Å²) in [7, 11) is 0. The molecule has 6 rings (SSSR count). The van der Waals surface area contributed by atoms with E-state index in [2.05, 4.69) is 73.3 Å². The van der Waals surface area contributed by atoms with Crippen LogP contribution in [0.15, 0.2) is 60.9 Å². The van der Waals surface area contributed by atoms with E-state index >= 15 is 0 Å². The fourth-order valence-electron chi connectivity index (χ4n) is 6.63. The molecule has 3 unspecified atom stereocenters. The Morgan fingerprint density at radius 1 is 0.921 bits per heavy atom. The Bertz CT molecular complexity index is 1160. The van der Waals surface area contributed by atoms with Crippen LogP contribution in [0.2, 0.25) is 0 Å². The highest BCUT2D eigenvalue weighted by atomic mass is 19.3. The molecule has 3 fully saturated rings. The minimum Gasteiger partial charge on any atom is -0.315 e. The fourth-order valence-corrected chi connectivity index (χ4v) is 6.63.